The Morgan fingerprint density at radius 2 is 1.91 bits per heavy atom. The van der Waals surface area contributed by atoms with Crippen LogP contribution in [0.4, 0.5) is 11.4 Å². The summed E-state index contributed by atoms with van der Waals surface area (Å²) in [6.45, 7) is 5.08. The highest BCUT2D eigenvalue weighted by molar-refractivity contribution is 7.99. The summed E-state index contributed by atoms with van der Waals surface area (Å²) in [6, 6.07) is 15.9. The largest absolute Gasteiger partial charge is 0.492 e. The number of rotatable bonds is 10. The molecule has 1 N–H and O–H groups in total. The van der Waals surface area contributed by atoms with Crippen LogP contribution < -0.4 is 14.8 Å². The Kier molecular flexibility index (Phi) is 8.86. The van der Waals surface area contributed by atoms with E-state index in [4.69, 9.17) is 25.8 Å². The van der Waals surface area contributed by atoms with Crippen LogP contribution in [0.3, 0.4) is 0 Å². The summed E-state index contributed by atoms with van der Waals surface area (Å²) < 4.78 is 19.4. The smallest absolute Gasteiger partial charge is 0.172 e. The number of nitriles is 1. The van der Waals surface area contributed by atoms with Crippen molar-refractivity contribution in [3.05, 3.63) is 71.6 Å². The van der Waals surface area contributed by atoms with Crippen molar-refractivity contribution in [1.82, 2.24) is 19.4 Å². The van der Waals surface area contributed by atoms with E-state index in [9.17, 15) is 5.26 Å². The van der Waals surface area contributed by atoms with Crippen LogP contribution in [-0.2, 0) is 11.8 Å². The molecule has 0 amide bonds. The molecule has 0 aliphatic carbocycles. The van der Waals surface area contributed by atoms with Gasteiger partial charge in [0.2, 0.25) is 0 Å². The summed E-state index contributed by atoms with van der Waals surface area (Å²) in [4.78, 5) is 12.3. The number of nitrogens with zero attached hydrogens (tertiary/aromatic N) is 5. The van der Waals surface area contributed by atoms with Gasteiger partial charge in [0.05, 0.1) is 48.7 Å². The van der Waals surface area contributed by atoms with E-state index >= 15 is 0 Å². The molecule has 2 aromatic heterocycles. The number of benzene rings is 3. The first-order valence-electron chi connectivity index (χ1n) is 14.0. The third-order valence-electron chi connectivity index (χ3n) is 7.43. The minimum absolute atomic E-state index is 0.432. The lowest BCUT2D eigenvalue weighted by Gasteiger charge is -2.26. The van der Waals surface area contributed by atoms with Crippen molar-refractivity contribution in [2.45, 2.75) is 16.5 Å². The summed E-state index contributed by atoms with van der Waals surface area (Å²) in [7, 11) is 3.59. The topological polar surface area (TPSA) is 97.5 Å². The number of hydrogen-bond acceptors (Lipinski definition) is 9. The van der Waals surface area contributed by atoms with Gasteiger partial charge in [0.25, 0.3) is 0 Å². The summed E-state index contributed by atoms with van der Waals surface area (Å²) >= 11 is 8.15. The second-order valence-corrected chi connectivity index (χ2v) is 11.6. The van der Waals surface area contributed by atoms with Crippen molar-refractivity contribution in [2.24, 2.45) is 7.05 Å². The fourth-order valence-electron chi connectivity index (χ4n) is 5.21. The molecule has 0 saturated carbocycles. The van der Waals surface area contributed by atoms with E-state index in [2.05, 4.69) is 26.3 Å². The second-order valence-electron chi connectivity index (χ2n) is 10.2. The highest BCUT2D eigenvalue weighted by Gasteiger charge is 2.17. The van der Waals surface area contributed by atoms with Gasteiger partial charge < -0.3 is 24.1 Å². The van der Waals surface area contributed by atoms with Crippen molar-refractivity contribution < 1.29 is 14.2 Å². The van der Waals surface area contributed by atoms with Crippen LogP contribution in [0.2, 0.25) is 5.02 Å². The number of morpholine rings is 1. The Bertz CT molecular complexity index is 1820. The molecule has 1 aliphatic rings. The number of anilines is 2. The molecule has 5 aromatic rings. The molecule has 220 valence electrons. The number of methoxy groups -OCH3 is 1. The number of aryl methyl sites for hydroxylation is 1. The van der Waals surface area contributed by atoms with Gasteiger partial charge >= 0.3 is 0 Å². The van der Waals surface area contributed by atoms with E-state index in [1.807, 2.05) is 60.3 Å². The maximum atomic E-state index is 9.93. The molecule has 0 spiro atoms. The SMILES string of the molecule is COc1c(OCCCN2CCOCC2)ccc2c1ccc1c(Nc3ccc(Sc4nccn4C)c(Cl)c3)c(C#N)cnc12. The van der Waals surface area contributed by atoms with Gasteiger partial charge in [0.1, 0.15) is 6.07 Å². The quantitative estimate of drug-likeness (QED) is 0.137. The normalized spacial score (nSPS) is 13.7. The van der Waals surface area contributed by atoms with Gasteiger partial charge in [-0.2, -0.15) is 5.26 Å². The van der Waals surface area contributed by atoms with Gasteiger partial charge in [0.15, 0.2) is 16.7 Å². The number of pyridine rings is 1. The van der Waals surface area contributed by atoms with Gasteiger partial charge in [-0.3, -0.25) is 9.88 Å². The summed E-state index contributed by atoms with van der Waals surface area (Å²) in [5, 5.41) is 17.4. The third kappa shape index (κ3) is 6.21. The summed E-state index contributed by atoms with van der Waals surface area (Å²) in [5.41, 5.74) is 2.61. The Hall–Kier alpha value is -4.01. The van der Waals surface area contributed by atoms with Gasteiger partial charge in [0, 0.05) is 72.0 Å². The first-order chi connectivity index (χ1) is 21.1. The maximum absolute atomic E-state index is 9.93. The molecule has 0 unspecified atom stereocenters. The molecule has 0 bridgehead atoms. The van der Waals surface area contributed by atoms with Gasteiger partial charge in [-0.1, -0.05) is 23.4 Å². The Labute approximate surface area is 259 Å². The van der Waals surface area contributed by atoms with Crippen molar-refractivity contribution in [2.75, 3.05) is 51.9 Å². The zero-order valence-corrected chi connectivity index (χ0v) is 25.5. The zero-order chi connectivity index (χ0) is 29.8. The van der Waals surface area contributed by atoms with Crippen LogP contribution in [-0.4, -0.2) is 66.0 Å². The third-order valence-corrected chi connectivity index (χ3v) is 9.01. The van der Waals surface area contributed by atoms with Crippen molar-refractivity contribution in [1.29, 1.82) is 5.26 Å². The number of fused-ring (bicyclic) bond motifs is 3. The summed E-state index contributed by atoms with van der Waals surface area (Å²) in [6.07, 6.45) is 6.16. The molecule has 6 rings (SSSR count). The van der Waals surface area contributed by atoms with Crippen LogP contribution >= 0.6 is 23.4 Å². The lowest BCUT2D eigenvalue weighted by molar-refractivity contribution is 0.0357. The van der Waals surface area contributed by atoms with Gasteiger partial charge in [-0.15, -0.1) is 0 Å². The van der Waals surface area contributed by atoms with E-state index in [0.29, 0.717) is 34.4 Å². The van der Waals surface area contributed by atoms with Crippen molar-refractivity contribution in [3.63, 3.8) is 0 Å². The average Bonchev–Trinajstić information content (AvgIpc) is 3.44. The number of ether oxygens (including phenoxy) is 3. The number of aromatic nitrogens is 3. The molecule has 1 saturated heterocycles. The molecule has 43 heavy (non-hydrogen) atoms. The van der Waals surface area contributed by atoms with E-state index < -0.39 is 0 Å². The Balaban J connectivity index is 1.26. The highest BCUT2D eigenvalue weighted by Crippen LogP contribution is 2.41. The number of imidazole rings is 1. The fraction of sp³-hybridized carbons (Fsp3) is 0.281. The van der Waals surface area contributed by atoms with Gasteiger partial charge in [-0.25, -0.2) is 4.98 Å². The molecular weight excluding hydrogens is 584 g/mol. The van der Waals surface area contributed by atoms with E-state index in [0.717, 1.165) is 76.7 Å². The fourth-order valence-corrected chi connectivity index (χ4v) is 6.32. The van der Waals surface area contributed by atoms with Crippen LogP contribution in [0.5, 0.6) is 11.5 Å². The average molecular weight is 615 g/mol. The molecule has 1 aliphatic heterocycles. The predicted molar refractivity (Wildman–Crippen MR) is 170 cm³/mol. The molecule has 0 radical (unpaired) electrons. The van der Waals surface area contributed by atoms with Crippen molar-refractivity contribution >= 4 is 56.4 Å². The molecule has 9 nitrogen and oxygen atoms in total. The lowest BCUT2D eigenvalue weighted by Crippen LogP contribution is -2.37. The molecule has 1 fully saturated rings. The van der Waals surface area contributed by atoms with Crippen LogP contribution in [0, 0.1) is 11.3 Å². The van der Waals surface area contributed by atoms with E-state index in [1.54, 1.807) is 19.5 Å². The van der Waals surface area contributed by atoms with Crippen LogP contribution in [0.1, 0.15) is 12.0 Å². The monoisotopic (exact) mass is 614 g/mol. The predicted octanol–water partition coefficient (Wildman–Crippen LogP) is 6.65. The van der Waals surface area contributed by atoms with Crippen LogP contribution in [0.15, 0.2) is 71.1 Å². The second kappa shape index (κ2) is 13.1. The van der Waals surface area contributed by atoms with E-state index in [1.165, 1.54) is 11.8 Å². The molecule has 3 heterocycles. The van der Waals surface area contributed by atoms with Crippen LogP contribution in [0.25, 0.3) is 21.7 Å². The lowest BCUT2D eigenvalue weighted by atomic mass is 10.0. The number of hydrogen-bond donors (Lipinski definition) is 1. The number of nitrogens with one attached hydrogen (secondary N) is 1. The molecule has 11 heteroatoms. The van der Waals surface area contributed by atoms with Crippen molar-refractivity contribution in [3.8, 4) is 17.6 Å². The summed E-state index contributed by atoms with van der Waals surface area (Å²) in [5.74, 6) is 1.36. The minimum Gasteiger partial charge on any atom is -0.492 e. The first-order valence-corrected chi connectivity index (χ1v) is 15.2. The van der Waals surface area contributed by atoms with E-state index in [-0.39, 0.29) is 0 Å². The first kappa shape index (κ1) is 29.1. The Morgan fingerprint density at radius 3 is 2.65 bits per heavy atom. The maximum Gasteiger partial charge on any atom is 0.172 e. The highest BCUT2D eigenvalue weighted by atomic mass is 35.5. The standard InChI is InChI=1S/C32H31ClN6O3S/c1-38-12-10-35-32(38)43-28-9-4-22(18-26(28)33)37-29-21(19-34)20-36-30-23-7-8-27(31(40-2)24(23)5-6-25(29)30)42-15-3-11-39-13-16-41-17-14-39/h4-10,12,18,20H,3,11,13-17H2,1-2H3,(H,36,37). The molecule has 3 aromatic carbocycles. The zero-order valence-electron chi connectivity index (χ0n) is 24.0. The minimum atomic E-state index is 0.432. The molecule has 0 atom stereocenters. The number of halogens is 1. The van der Waals surface area contributed by atoms with Gasteiger partial charge in [-0.05, 0) is 48.9 Å². The Morgan fingerprint density at radius 1 is 1.09 bits per heavy atom. The molecular formula is C32H31ClN6O3S.